The summed E-state index contributed by atoms with van der Waals surface area (Å²) in [6.07, 6.45) is 4.74. The fourth-order valence-electron chi connectivity index (χ4n) is 4.74. The van der Waals surface area contributed by atoms with Gasteiger partial charge in [-0.3, -0.25) is 9.59 Å². The molecular weight excluding hydrogens is 444 g/mol. The van der Waals surface area contributed by atoms with Crippen LogP contribution in [0.25, 0.3) is 11.3 Å². The van der Waals surface area contributed by atoms with E-state index in [1.807, 2.05) is 41.3 Å². The summed E-state index contributed by atoms with van der Waals surface area (Å²) in [6, 6.07) is 13.1. The number of pyridine rings is 1. The second kappa shape index (κ2) is 9.61. The molecule has 2 aromatic heterocycles. The Kier molecular flexibility index (Phi) is 6.22. The van der Waals surface area contributed by atoms with Crippen molar-refractivity contribution in [3.8, 4) is 11.3 Å². The number of aromatic amines is 1. The molecule has 2 aliphatic heterocycles. The smallest absolute Gasteiger partial charge is 0.320 e. The number of ketones is 1. The van der Waals surface area contributed by atoms with E-state index in [9.17, 15) is 14.4 Å². The number of nitrogens with one attached hydrogen (secondary N) is 3. The molecule has 180 valence electrons. The number of carbonyl (C=O) groups is 3. The van der Waals surface area contributed by atoms with E-state index in [-0.39, 0.29) is 24.3 Å². The van der Waals surface area contributed by atoms with Crippen molar-refractivity contribution in [1.29, 1.82) is 0 Å². The maximum absolute atomic E-state index is 13.4. The Morgan fingerprint density at radius 2 is 1.77 bits per heavy atom. The van der Waals surface area contributed by atoms with E-state index in [0.29, 0.717) is 35.0 Å². The first-order valence-corrected chi connectivity index (χ1v) is 11.9. The number of anilines is 3. The highest BCUT2D eigenvalue weighted by Gasteiger charge is 2.34. The first-order chi connectivity index (χ1) is 17.0. The molecule has 3 aromatic rings. The van der Waals surface area contributed by atoms with Crippen molar-refractivity contribution in [1.82, 2.24) is 19.8 Å². The Hall–Kier alpha value is -4.14. The normalized spacial score (nSPS) is 15.5. The van der Waals surface area contributed by atoms with Crippen LogP contribution in [-0.4, -0.2) is 57.1 Å². The summed E-state index contributed by atoms with van der Waals surface area (Å²) < 4.78 is 0. The van der Waals surface area contributed by atoms with Crippen LogP contribution in [0.15, 0.2) is 48.7 Å². The number of Topliss-reactive ketones (excluding diaryl/α,β-unsaturated/α-hetero) is 1. The highest BCUT2D eigenvalue weighted by Crippen LogP contribution is 2.38. The average Bonchev–Trinajstić information content (AvgIpc) is 3.23. The Morgan fingerprint density at radius 3 is 2.51 bits per heavy atom. The van der Waals surface area contributed by atoms with Gasteiger partial charge in [0, 0.05) is 43.2 Å². The topological polar surface area (TPSA) is 110 Å². The summed E-state index contributed by atoms with van der Waals surface area (Å²) in [5, 5.41) is 6.11. The van der Waals surface area contributed by atoms with Gasteiger partial charge in [0.25, 0.3) is 0 Å². The zero-order valence-corrected chi connectivity index (χ0v) is 19.6. The van der Waals surface area contributed by atoms with Gasteiger partial charge in [-0.2, -0.15) is 0 Å². The van der Waals surface area contributed by atoms with Crippen LogP contribution in [0.3, 0.4) is 0 Å². The second-order valence-electron chi connectivity index (χ2n) is 8.94. The molecule has 1 fully saturated rings. The maximum Gasteiger partial charge on any atom is 0.320 e. The molecule has 0 radical (unpaired) electrons. The van der Waals surface area contributed by atoms with E-state index in [0.717, 1.165) is 43.6 Å². The van der Waals surface area contributed by atoms with Gasteiger partial charge in [-0.15, -0.1) is 0 Å². The minimum Gasteiger partial charge on any atom is -0.355 e. The molecule has 3 N–H and O–H groups in total. The highest BCUT2D eigenvalue weighted by atomic mass is 16.2. The molecule has 0 aliphatic carbocycles. The maximum atomic E-state index is 13.4. The molecular formula is C26H28N6O3. The number of likely N-dealkylation sites (tertiary alicyclic amines) is 1. The number of aromatic nitrogens is 2. The number of piperidine rings is 1. The minimum absolute atomic E-state index is 0.0383. The zero-order chi connectivity index (χ0) is 24.4. The number of hydrogen-bond donors (Lipinski definition) is 3. The highest BCUT2D eigenvalue weighted by molar-refractivity contribution is 6.09. The first kappa shape index (κ1) is 22.6. The fourth-order valence-corrected chi connectivity index (χ4v) is 4.74. The van der Waals surface area contributed by atoms with E-state index in [1.54, 1.807) is 17.2 Å². The number of carbonyl (C=O) groups excluding carboxylic acids is 3. The molecule has 4 heterocycles. The van der Waals surface area contributed by atoms with Crippen molar-refractivity contribution in [3.63, 3.8) is 0 Å². The van der Waals surface area contributed by atoms with Crippen LogP contribution in [0, 0.1) is 0 Å². The van der Waals surface area contributed by atoms with Gasteiger partial charge in [0.2, 0.25) is 5.91 Å². The lowest BCUT2D eigenvalue weighted by molar-refractivity contribution is -0.114. The van der Waals surface area contributed by atoms with Crippen LogP contribution in [0.1, 0.15) is 42.2 Å². The van der Waals surface area contributed by atoms with Crippen molar-refractivity contribution >= 4 is 34.9 Å². The van der Waals surface area contributed by atoms with Gasteiger partial charge in [0.1, 0.15) is 5.82 Å². The standard InChI is InChI=1S/C26H28N6O3/c1-17(33)28-22-14-18(10-11-27-22)24-25(29-19-8-4-2-5-9-19)23-20(30-24)15-32(16-21(23)34)26(35)31-12-6-3-7-13-31/h2,4-5,8-11,14,29-30H,3,6-7,12-13,15-16H2,1H3,(H,27,28,33). The molecule has 1 saturated heterocycles. The van der Waals surface area contributed by atoms with Gasteiger partial charge in [0.05, 0.1) is 30.0 Å². The molecule has 2 aliphatic rings. The molecule has 0 saturated carbocycles. The van der Waals surface area contributed by atoms with Crippen LogP contribution in [-0.2, 0) is 11.3 Å². The lowest BCUT2D eigenvalue weighted by Gasteiger charge is -2.34. The molecule has 5 rings (SSSR count). The molecule has 0 bridgehead atoms. The van der Waals surface area contributed by atoms with Gasteiger partial charge in [-0.05, 0) is 43.5 Å². The molecule has 0 spiro atoms. The lowest BCUT2D eigenvalue weighted by Crippen LogP contribution is -2.48. The van der Waals surface area contributed by atoms with Crippen molar-refractivity contribution in [3.05, 3.63) is 59.9 Å². The number of H-pyrrole nitrogens is 1. The fraction of sp³-hybridized carbons (Fsp3) is 0.308. The Morgan fingerprint density at radius 1 is 1.00 bits per heavy atom. The monoisotopic (exact) mass is 472 g/mol. The predicted molar refractivity (Wildman–Crippen MR) is 134 cm³/mol. The van der Waals surface area contributed by atoms with E-state index < -0.39 is 0 Å². The Labute approximate surface area is 203 Å². The largest absolute Gasteiger partial charge is 0.355 e. The van der Waals surface area contributed by atoms with Crippen LogP contribution in [0.5, 0.6) is 0 Å². The third-order valence-corrected chi connectivity index (χ3v) is 6.33. The van der Waals surface area contributed by atoms with Gasteiger partial charge >= 0.3 is 6.03 Å². The van der Waals surface area contributed by atoms with E-state index in [2.05, 4.69) is 20.6 Å². The molecule has 3 amide bonds. The van der Waals surface area contributed by atoms with Gasteiger partial charge in [0.15, 0.2) is 5.78 Å². The summed E-state index contributed by atoms with van der Waals surface area (Å²) in [6.45, 7) is 3.25. The van der Waals surface area contributed by atoms with E-state index >= 15 is 0 Å². The molecule has 35 heavy (non-hydrogen) atoms. The molecule has 0 unspecified atom stereocenters. The average molecular weight is 473 g/mol. The van der Waals surface area contributed by atoms with Crippen molar-refractivity contribution < 1.29 is 14.4 Å². The number of hydrogen-bond acceptors (Lipinski definition) is 5. The Balaban J connectivity index is 1.53. The van der Waals surface area contributed by atoms with E-state index in [1.165, 1.54) is 6.92 Å². The molecule has 1 aromatic carbocycles. The first-order valence-electron chi connectivity index (χ1n) is 11.9. The molecule has 9 heteroatoms. The van der Waals surface area contributed by atoms with Crippen molar-refractivity contribution in [2.75, 3.05) is 30.3 Å². The van der Waals surface area contributed by atoms with Crippen LogP contribution in [0.2, 0.25) is 0 Å². The number of rotatable bonds is 4. The van der Waals surface area contributed by atoms with Crippen molar-refractivity contribution in [2.24, 2.45) is 0 Å². The third-order valence-electron chi connectivity index (χ3n) is 6.33. The number of amides is 3. The minimum atomic E-state index is -0.217. The number of fused-ring (bicyclic) bond motifs is 1. The van der Waals surface area contributed by atoms with Gasteiger partial charge in [-0.25, -0.2) is 9.78 Å². The van der Waals surface area contributed by atoms with Crippen LogP contribution >= 0.6 is 0 Å². The number of urea groups is 1. The quantitative estimate of drug-likeness (QED) is 0.522. The van der Waals surface area contributed by atoms with Gasteiger partial charge in [-0.1, -0.05) is 18.2 Å². The number of para-hydroxylation sites is 1. The summed E-state index contributed by atoms with van der Waals surface area (Å²) >= 11 is 0. The molecule has 9 nitrogen and oxygen atoms in total. The third kappa shape index (κ3) is 4.75. The Bertz CT molecular complexity index is 1260. The predicted octanol–water partition coefficient (Wildman–Crippen LogP) is 4.38. The lowest BCUT2D eigenvalue weighted by atomic mass is 10.0. The van der Waals surface area contributed by atoms with Crippen molar-refractivity contribution in [2.45, 2.75) is 32.7 Å². The zero-order valence-electron chi connectivity index (χ0n) is 19.6. The summed E-state index contributed by atoms with van der Waals surface area (Å²) in [5.41, 5.74) is 4.21. The molecule has 0 atom stereocenters. The SMILES string of the molecule is CC(=O)Nc1cc(-c2[nH]c3c(c2Nc2ccccc2)C(=O)CN(C(=O)N2CCCCC2)C3)ccn1. The summed E-state index contributed by atoms with van der Waals surface area (Å²) in [4.78, 5) is 49.2. The van der Waals surface area contributed by atoms with Crippen LogP contribution < -0.4 is 10.6 Å². The second-order valence-corrected chi connectivity index (χ2v) is 8.94. The van der Waals surface area contributed by atoms with Gasteiger partial charge < -0.3 is 25.4 Å². The summed E-state index contributed by atoms with van der Waals surface area (Å²) in [7, 11) is 0. The number of benzene rings is 1. The van der Waals surface area contributed by atoms with E-state index in [4.69, 9.17) is 0 Å². The van der Waals surface area contributed by atoms with Crippen LogP contribution in [0.4, 0.5) is 22.0 Å². The summed E-state index contributed by atoms with van der Waals surface area (Å²) in [5.74, 6) is 0.0836. The number of nitrogens with zero attached hydrogens (tertiary/aromatic N) is 3.